The first-order valence-electron chi connectivity index (χ1n) is 3.18. The van der Waals surface area contributed by atoms with Gasteiger partial charge in [-0.3, -0.25) is 14.3 Å². The molecular formula is C7H5NO2S. The molecule has 0 spiro atoms. The van der Waals surface area contributed by atoms with Crippen LogP contribution >= 0.6 is 11.9 Å². The maximum Gasteiger partial charge on any atom is 0.231 e. The zero-order chi connectivity index (χ0) is 7.84. The average molecular weight is 167 g/mol. The van der Waals surface area contributed by atoms with E-state index in [4.69, 9.17) is 0 Å². The van der Waals surface area contributed by atoms with Gasteiger partial charge in [0.2, 0.25) is 11.6 Å². The fraction of sp³-hybridized carbons (Fsp3) is 0.143. The van der Waals surface area contributed by atoms with Crippen LogP contribution < -0.4 is 4.72 Å². The Hall–Kier alpha value is -0.870. The Balaban J connectivity index is 2.45. The van der Waals surface area contributed by atoms with Crippen molar-refractivity contribution in [2.45, 2.75) is 0 Å². The second kappa shape index (κ2) is 2.32. The predicted molar refractivity (Wildman–Crippen MR) is 41.8 cm³/mol. The van der Waals surface area contributed by atoms with E-state index in [0.717, 1.165) is 4.91 Å². The molecule has 11 heavy (non-hydrogen) atoms. The highest BCUT2D eigenvalue weighted by atomic mass is 32.2. The molecule has 0 saturated carbocycles. The summed E-state index contributed by atoms with van der Waals surface area (Å²) in [5, 5.41) is 0. The van der Waals surface area contributed by atoms with Gasteiger partial charge in [-0.05, 0) is 24.1 Å². The van der Waals surface area contributed by atoms with E-state index in [1.165, 1.54) is 18.0 Å². The zero-order valence-electron chi connectivity index (χ0n) is 5.59. The Kier molecular flexibility index (Phi) is 1.44. The van der Waals surface area contributed by atoms with E-state index in [9.17, 15) is 9.59 Å². The summed E-state index contributed by atoms with van der Waals surface area (Å²) < 4.78 is 2.93. The van der Waals surface area contributed by atoms with Crippen LogP contribution in [-0.4, -0.2) is 18.1 Å². The molecule has 0 unspecified atom stereocenters. The van der Waals surface area contributed by atoms with Gasteiger partial charge in [-0.2, -0.15) is 0 Å². The van der Waals surface area contributed by atoms with E-state index < -0.39 is 5.78 Å². The number of Topliss-reactive ketones (excluding diaryl/α,β-unsaturated/α-hetero) is 1. The van der Waals surface area contributed by atoms with Crippen LogP contribution in [0.1, 0.15) is 0 Å². The van der Waals surface area contributed by atoms with Crippen LogP contribution in [0.15, 0.2) is 22.6 Å². The van der Waals surface area contributed by atoms with Gasteiger partial charge < -0.3 is 0 Å². The molecule has 1 heterocycles. The van der Waals surface area contributed by atoms with Crippen molar-refractivity contribution >= 4 is 23.5 Å². The van der Waals surface area contributed by atoms with E-state index in [1.54, 1.807) is 6.08 Å². The molecule has 1 N–H and O–H groups in total. The Labute approximate surface area is 67.7 Å². The molecule has 0 radical (unpaired) electrons. The van der Waals surface area contributed by atoms with Gasteiger partial charge in [-0.15, -0.1) is 0 Å². The summed E-state index contributed by atoms with van der Waals surface area (Å²) in [5.74, 6) is -0.770. The van der Waals surface area contributed by atoms with Gasteiger partial charge >= 0.3 is 0 Å². The third kappa shape index (κ3) is 0.948. The van der Waals surface area contributed by atoms with Crippen LogP contribution in [0, 0.1) is 0 Å². The highest BCUT2D eigenvalue weighted by Crippen LogP contribution is 2.27. The quantitative estimate of drug-likeness (QED) is 0.318. The van der Waals surface area contributed by atoms with E-state index in [1.807, 2.05) is 0 Å². The van der Waals surface area contributed by atoms with E-state index >= 15 is 0 Å². The lowest BCUT2D eigenvalue weighted by Crippen LogP contribution is -2.19. The molecule has 1 aliphatic carbocycles. The lowest BCUT2D eigenvalue weighted by atomic mass is 10.0. The van der Waals surface area contributed by atoms with Crippen molar-refractivity contribution in [3.63, 3.8) is 0 Å². The van der Waals surface area contributed by atoms with Gasteiger partial charge in [0, 0.05) is 17.0 Å². The Morgan fingerprint density at radius 1 is 1.36 bits per heavy atom. The molecule has 1 aliphatic heterocycles. The normalized spacial score (nSPS) is 22.9. The first-order valence-corrected chi connectivity index (χ1v) is 4.00. The van der Waals surface area contributed by atoms with Crippen molar-refractivity contribution in [1.29, 1.82) is 0 Å². The zero-order valence-corrected chi connectivity index (χ0v) is 6.40. The number of hydrogen-bond donors (Lipinski definition) is 1. The summed E-state index contributed by atoms with van der Waals surface area (Å²) in [4.78, 5) is 22.8. The maximum atomic E-state index is 11.1. The molecule has 2 aliphatic rings. The number of rotatable bonds is 0. The lowest BCUT2D eigenvalue weighted by Gasteiger charge is -2.01. The van der Waals surface area contributed by atoms with Crippen LogP contribution in [0.4, 0.5) is 0 Å². The second-order valence-corrected chi connectivity index (χ2v) is 3.23. The summed E-state index contributed by atoms with van der Waals surface area (Å²) in [6, 6.07) is 0. The minimum atomic E-state index is -0.409. The first-order chi connectivity index (χ1) is 5.29. The average Bonchev–Trinajstić information content (AvgIpc) is 2.45. The molecule has 0 amide bonds. The molecule has 0 bridgehead atoms. The van der Waals surface area contributed by atoms with Crippen molar-refractivity contribution in [2.75, 3.05) is 6.54 Å². The van der Waals surface area contributed by atoms with Crippen molar-refractivity contribution < 1.29 is 9.59 Å². The highest BCUT2D eigenvalue weighted by molar-refractivity contribution is 8.01. The van der Waals surface area contributed by atoms with E-state index in [-0.39, 0.29) is 5.78 Å². The number of ketones is 2. The molecule has 56 valence electrons. The second-order valence-electron chi connectivity index (χ2n) is 2.29. The standard InChI is InChI=1S/C7H5NO2S/c9-5-1-2-6-4(7(5)10)3-8-11-6/h1-2,8H,3H2. The Morgan fingerprint density at radius 2 is 2.18 bits per heavy atom. The van der Waals surface area contributed by atoms with E-state index in [2.05, 4.69) is 4.72 Å². The molecule has 0 atom stereocenters. The van der Waals surface area contributed by atoms with Crippen LogP contribution in [0.25, 0.3) is 0 Å². The molecule has 0 aromatic carbocycles. The van der Waals surface area contributed by atoms with Crippen molar-refractivity contribution in [2.24, 2.45) is 0 Å². The van der Waals surface area contributed by atoms with Crippen LogP contribution in [0.2, 0.25) is 0 Å². The number of allylic oxidation sites excluding steroid dienone is 2. The third-order valence-corrected chi connectivity index (χ3v) is 2.50. The van der Waals surface area contributed by atoms with Crippen molar-refractivity contribution in [1.82, 2.24) is 4.72 Å². The van der Waals surface area contributed by atoms with Crippen LogP contribution in [0.3, 0.4) is 0 Å². The van der Waals surface area contributed by atoms with Gasteiger partial charge in [0.15, 0.2) is 0 Å². The number of hydrogen-bond acceptors (Lipinski definition) is 4. The fourth-order valence-electron chi connectivity index (χ4n) is 1.04. The van der Waals surface area contributed by atoms with Crippen LogP contribution in [-0.2, 0) is 9.59 Å². The molecule has 3 nitrogen and oxygen atoms in total. The number of carbonyl (C=O) groups excluding carboxylic acids is 2. The SMILES string of the molecule is O=C1C=CC2=C(CNS2)C1=O. The van der Waals surface area contributed by atoms with Gasteiger partial charge in [-0.1, -0.05) is 0 Å². The Bertz CT molecular complexity index is 304. The summed E-state index contributed by atoms with van der Waals surface area (Å²) in [6.45, 7) is 0.509. The minimum Gasteiger partial charge on any atom is -0.286 e. The monoisotopic (exact) mass is 167 g/mol. The number of carbonyl (C=O) groups is 2. The van der Waals surface area contributed by atoms with Crippen molar-refractivity contribution in [3.05, 3.63) is 22.6 Å². The first kappa shape index (κ1) is 6.82. The maximum absolute atomic E-state index is 11.1. The molecule has 4 heteroatoms. The molecule has 0 aromatic heterocycles. The van der Waals surface area contributed by atoms with Crippen LogP contribution in [0.5, 0.6) is 0 Å². The molecule has 0 fully saturated rings. The minimum absolute atomic E-state index is 0.361. The molecule has 2 rings (SSSR count). The summed E-state index contributed by atoms with van der Waals surface area (Å²) in [5.41, 5.74) is 0.613. The van der Waals surface area contributed by atoms with Crippen molar-refractivity contribution in [3.8, 4) is 0 Å². The fourth-order valence-corrected chi connectivity index (χ4v) is 1.83. The van der Waals surface area contributed by atoms with Gasteiger partial charge in [0.1, 0.15) is 0 Å². The Morgan fingerprint density at radius 3 is 3.00 bits per heavy atom. The summed E-state index contributed by atoms with van der Waals surface area (Å²) >= 11 is 1.40. The molecule has 0 aromatic rings. The number of nitrogens with one attached hydrogen (secondary N) is 1. The lowest BCUT2D eigenvalue weighted by molar-refractivity contribution is -0.131. The van der Waals surface area contributed by atoms with E-state index in [0.29, 0.717) is 12.1 Å². The van der Waals surface area contributed by atoms with Gasteiger partial charge in [-0.25, -0.2) is 0 Å². The van der Waals surface area contributed by atoms with Gasteiger partial charge in [0.25, 0.3) is 0 Å². The van der Waals surface area contributed by atoms with Gasteiger partial charge in [0.05, 0.1) is 0 Å². The molecular weight excluding hydrogens is 162 g/mol. The smallest absolute Gasteiger partial charge is 0.231 e. The highest BCUT2D eigenvalue weighted by Gasteiger charge is 2.27. The summed E-state index contributed by atoms with van der Waals surface area (Å²) in [6.07, 6.45) is 3.00. The third-order valence-electron chi connectivity index (χ3n) is 1.61. The predicted octanol–water partition coefficient (Wildman–Crippen LogP) is 0.200. The topological polar surface area (TPSA) is 46.2 Å². The summed E-state index contributed by atoms with van der Waals surface area (Å²) in [7, 11) is 0. The largest absolute Gasteiger partial charge is 0.286 e. The molecule has 0 saturated heterocycles.